The third-order valence-electron chi connectivity index (χ3n) is 2.06. The van der Waals surface area contributed by atoms with Gasteiger partial charge in [-0.05, 0) is 18.4 Å². The van der Waals surface area contributed by atoms with Crippen LogP contribution in [0.25, 0.3) is 0 Å². The van der Waals surface area contributed by atoms with Crippen molar-refractivity contribution in [2.45, 2.75) is 16.0 Å². The van der Waals surface area contributed by atoms with Crippen molar-refractivity contribution in [1.82, 2.24) is 0 Å². The zero-order chi connectivity index (χ0) is 15.4. The Labute approximate surface area is 118 Å². The van der Waals surface area contributed by atoms with E-state index in [0.717, 1.165) is 17.8 Å². The molecule has 0 saturated heterocycles. The number of halogens is 3. The van der Waals surface area contributed by atoms with Gasteiger partial charge in [0.15, 0.2) is 6.79 Å². The van der Waals surface area contributed by atoms with E-state index < -0.39 is 42.2 Å². The van der Waals surface area contributed by atoms with Crippen LogP contribution in [0, 0.1) is 0 Å². The van der Waals surface area contributed by atoms with Crippen LogP contribution in [0.5, 0.6) is 0 Å². The van der Waals surface area contributed by atoms with E-state index in [0.29, 0.717) is 6.07 Å². The van der Waals surface area contributed by atoms with Gasteiger partial charge in [-0.2, -0.15) is 21.6 Å². The van der Waals surface area contributed by atoms with Crippen molar-refractivity contribution in [3.8, 4) is 0 Å². The fourth-order valence-corrected chi connectivity index (χ4v) is 3.62. The second kappa shape index (κ2) is 6.86. The molecule has 0 aliphatic carbocycles. The molecular weight excluding hydrogens is 340 g/mol. The molecule has 20 heavy (non-hydrogen) atoms. The van der Waals surface area contributed by atoms with Crippen LogP contribution in [-0.4, -0.2) is 21.5 Å². The van der Waals surface area contributed by atoms with Crippen LogP contribution >= 0.6 is 20.4 Å². The second-order valence-electron chi connectivity index (χ2n) is 3.23. The van der Waals surface area contributed by atoms with Crippen molar-refractivity contribution in [1.29, 1.82) is 0 Å². The van der Waals surface area contributed by atoms with Gasteiger partial charge < -0.3 is 0 Å². The minimum atomic E-state index is -4.85. The Kier molecular flexibility index (Phi) is 5.96. The molecule has 1 aromatic rings. The van der Waals surface area contributed by atoms with E-state index in [1.54, 1.807) is 0 Å². The highest BCUT2D eigenvalue weighted by Gasteiger charge is 2.39. The number of hydrogen-bond acceptors (Lipinski definition) is 6. The van der Waals surface area contributed by atoms with Crippen molar-refractivity contribution in [3.63, 3.8) is 0 Å². The van der Waals surface area contributed by atoms with Crippen LogP contribution in [0.4, 0.5) is 13.2 Å². The maximum Gasteiger partial charge on any atom is 0.417 e. The van der Waals surface area contributed by atoms with E-state index in [9.17, 15) is 26.2 Å². The van der Waals surface area contributed by atoms with Gasteiger partial charge in [-0.1, -0.05) is 6.07 Å². The topological polar surface area (TPSA) is 69.7 Å². The van der Waals surface area contributed by atoms with Crippen LogP contribution in [-0.2, 0) is 29.6 Å². The molecule has 0 aliphatic heterocycles. The number of thioether (sulfide) groups is 1. The first-order valence-corrected chi connectivity index (χ1v) is 8.18. The number of rotatable bonds is 6. The largest absolute Gasteiger partial charge is 0.417 e. The molecule has 5 nitrogen and oxygen atoms in total. The summed E-state index contributed by atoms with van der Waals surface area (Å²) in [5.74, 6) is 0. The lowest BCUT2D eigenvalue weighted by Crippen LogP contribution is -2.16. The zero-order valence-electron chi connectivity index (χ0n) is 9.88. The van der Waals surface area contributed by atoms with Gasteiger partial charge in [0.25, 0.3) is 0 Å². The van der Waals surface area contributed by atoms with Crippen molar-refractivity contribution in [3.05, 3.63) is 23.8 Å². The molecular formula is C9H8F3O5PS2. The number of hydrogen-bond donors (Lipinski definition) is 0. The highest BCUT2D eigenvalue weighted by atomic mass is 32.2. The van der Waals surface area contributed by atoms with Crippen LogP contribution in [0.3, 0.4) is 0 Å². The molecule has 0 N–H and O–H groups in total. The number of benzene rings is 1. The first kappa shape index (κ1) is 17.4. The van der Waals surface area contributed by atoms with E-state index in [1.165, 1.54) is 12.3 Å². The molecule has 0 heterocycles. The SMILES string of the molecule is CSc1cccc(C(F)(F)F)c1S(=O)(=O)OCOP=O. The Balaban J connectivity index is 3.37. The van der Waals surface area contributed by atoms with E-state index in [1.807, 2.05) is 0 Å². The first-order valence-electron chi connectivity index (χ1n) is 4.82. The third kappa shape index (κ3) is 4.16. The summed E-state index contributed by atoms with van der Waals surface area (Å²) >= 11 is 0.828. The molecule has 1 aromatic carbocycles. The Morgan fingerprint density at radius 2 is 2.00 bits per heavy atom. The van der Waals surface area contributed by atoms with Gasteiger partial charge in [-0.25, -0.2) is 8.75 Å². The van der Waals surface area contributed by atoms with Gasteiger partial charge in [0.2, 0.25) is 0 Å². The molecule has 0 aromatic heterocycles. The van der Waals surface area contributed by atoms with Crippen molar-refractivity contribution < 1.29 is 34.9 Å². The zero-order valence-corrected chi connectivity index (χ0v) is 12.4. The Bertz CT molecular complexity index is 588. The standard InChI is InChI=1S/C9H8F3O5PS2/c1-19-7-4-2-3-6(9(10,11)12)8(7)20(14,15)17-5-16-18-13/h2-4H,5H2,1H3. The molecule has 0 unspecified atom stereocenters. The summed E-state index contributed by atoms with van der Waals surface area (Å²) in [5, 5.41) is 0. The molecule has 0 fully saturated rings. The lowest BCUT2D eigenvalue weighted by molar-refractivity contribution is -0.140. The van der Waals surface area contributed by atoms with E-state index in [-0.39, 0.29) is 4.90 Å². The summed E-state index contributed by atoms with van der Waals surface area (Å²) in [6.45, 7) is -0.951. The van der Waals surface area contributed by atoms with Gasteiger partial charge in [0.05, 0.1) is 5.56 Å². The normalized spacial score (nSPS) is 12.8. The van der Waals surface area contributed by atoms with Gasteiger partial charge in [-0.15, -0.1) is 11.8 Å². The van der Waals surface area contributed by atoms with E-state index in [4.69, 9.17) is 0 Å². The maximum absolute atomic E-state index is 12.9. The van der Waals surface area contributed by atoms with Crippen molar-refractivity contribution >= 4 is 30.6 Å². The summed E-state index contributed by atoms with van der Waals surface area (Å²) in [5.41, 5.74) is -1.33. The van der Waals surface area contributed by atoms with Gasteiger partial charge >= 0.3 is 25.0 Å². The lowest BCUT2D eigenvalue weighted by Gasteiger charge is -2.15. The summed E-state index contributed by atoms with van der Waals surface area (Å²) in [6, 6.07) is 2.96. The second-order valence-corrected chi connectivity index (χ2v) is 6.04. The summed E-state index contributed by atoms with van der Waals surface area (Å²) in [6.07, 6.45) is -3.42. The molecule has 1 rings (SSSR count). The predicted octanol–water partition coefficient (Wildman–Crippen LogP) is 3.31. The van der Waals surface area contributed by atoms with Crippen LogP contribution in [0.15, 0.2) is 28.0 Å². The molecule has 0 saturated carbocycles. The Morgan fingerprint density at radius 3 is 2.50 bits per heavy atom. The molecule has 11 heteroatoms. The van der Waals surface area contributed by atoms with Gasteiger partial charge in [0.1, 0.15) is 4.90 Å². The lowest BCUT2D eigenvalue weighted by atomic mass is 10.2. The van der Waals surface area contributed by atoms with Gasteiger partial charge in [-0.3, -0.25) is 4.52 Å². The molecule has 0 spiro atoms. The van der Waals surface area contributed by atoms with E-state index in [2.05, 4.69) is 8.71 Å². The minimum Gasteiger partial charge on any atom is -0.265 e. The van der Waals surface area contributed by atoms with E-state index >= 15 is 0 Å². The van der Waals surface area contributed by atoms with Crippen molar-refractivity contribution in [2.24, 2.45) is 0 Å². The summed E-state index contributed by atoms with van der Waals surface area (Å²) < 4.78 is 80.7. The van der Waals surface area contributed by atoms with Crippen LogP contribution < -0.4 is 0 Å². The smallest absolute Gasteiger partial charge is 0.265 e. The Morgan fingerprint density at radius 1 is 1.35 bits per heavy atom. The first-order chi connectivity index (χ1) is 9.24. The van der Waals surface area contributed by atoms with Crippen LogP contribution in [0.2, 0.25) is 0 Å². The Hall–Kier alpha value is -0.670. The average molecular weight is 348 g/mol. The van der Waals surface area contributed by atoms with Crippen LogP contribution in [0.1, 0.15) is 5.56 Å². The molecule has 0 bridgehead atoms. The number of alkyl halides is 3. The van der Waals surface area contributed by atoms with Gasteiger partial charge in [0, 0.05) is 4.90 Å². The fraction of sp³-hybridized carbons (Fsp3) is 0.333. The quantitative estimate of drug-likeness (QED) is 0.258. The average Bonchev–Trinajstić information content (AvgIpc) is 2.37. The predicted molar refractivity (Wildman–Crippen MR) is 65.1 cm³/mol. The molecule has 0 atom stereocenters. The summed E-state index contributed by atoms with van der Waals surface area (Å²) in [4.78, 5) is -1.09. The highest BCUT2D eigenvalue weighted by molar-refractivity contribution is 7.99. The minimum absolute atomic E-state index is 0.112. The molecule has 0 radical (unpaired) electrons. The van der Waals surface area contributed by atoms with Crippen molar-refractivity contribution in [2.75, 3.05) is 13.0 Å². The maximum atomic E-state index is 12.9. The highest BCUT2D eigenvalue weighted by Crippen LogP contribution is 2.39. The fourth-order valence-electron chi connectivity index (χ4n) is 1.32. The molecule has 0 aliphatic rings. The molecule has 112 valence electrons. The third-order valence-corrected chi connectivity index (χ3v) is 4.53. The molecule has 0 amide bonds. The summed E-state index contributed by atoms with van der Waals surface area (Å²) in [7, 11) is -5.54. The monoisotopic (exact) mass is 348 g/mol.